The van der Waals surface area contributed by atoms with E-state index in [-0.39, 0.29) is 18.1 Å². The lowest BCUT2D eigenvalue weighted by Gasteiger charge is -2.06. The second-order valence-corrected chi connectivity index (χ2v) is 6.62. The Hall–Kier alpha value is -2.93. The van der Waals surface area contributed by atoms with Gasteiger partial charge in [-0.05, 0) is 24.8 Å². The molecule has 0 fully saturated rings. The lowest BCUT2D eigenvalue weighted by Crippen LogP contribution is -2.30. The molecule has 3 aromatic rings. The van der Waals surface area contributed by atoms with Gasteiger partial charge in [0.15, 0.2) is 6.61 Å². The van der Waals surface area contributed by atoms with Gasteiger partial charge in [0.2, 0.25) is 0 Å². The highest BCUT2D eigenvalue weighted by Gasteiger charge is 2.23. The number of esters is 1. The SMILES string of the molecule is Cc1onc(-c2ccccc2)c1C(=O)OCC(=O)NCCc1cccs1. The number of carbonyl (C=O) groups excluding carboxylic acids is 2. The molecule has 0 bridgehead atoms. The van der Waals surface area contributed by atoms with Gasteiger partial charge < -0.3 is 14.6 Å². The van der Waals surface area contributed by atoms with E-state index in [1.54, 1.807) is 18.3 Å². The van der Waals surface area contributed by atoms with Gasteiger partial charge in [0.25, 0.3) is 5.91 Å². The van der Waals surface area contributed by atoms with E-state index < -0.39 is 5.97 Å². The number of nitrogens with zero attached hydrogens (tertiary/aromatic N) is 1. The molecule has 0 aliphatic rings. The molecular weight excluding hydrogens is 352 g/mol. The number of hydrogen-bond acceptors (Lipinski definition) is 6. The van der Waals surface area contributed by atoms with Crippen LogP contribution in [0.4, 0.5) is 0 Å². The molecule has 0 aliphatic carbocycles. The predicted molar refractivity (Wildman–Crippen MR) is 98.0 cm³/mol. The Kier molecular flexibility index (Phi) is 5.80. The quantitative estimate of drug-likeness (QED) is 0.646. The van der Waals surface area contributed by atoms with Crippen molar-refractivity contribution in [2.45, 2.75) is 13.3 Å². The third-order valence-electron chi connectivity index (χ3n) is 3.72. The number of benzene rings is 1. The van der Waals surface area contributed by atoms with Crippen LogP contribution < -0.4 is 5.32 Å². The molecule has 1 aromatic carbocycles. The smallest absolute Gasteiger partial charge is 0.344 e. The molecule has 26 heavy (non-hydrogen) atoms. The van der Waals surface area contributed by atoms with Gasteiger partial charge in [-0.1, -0.05) is 41.6 Å². The lowest BCUT2D eigenvalue weighted by atomic mass is 10.1. The molecule has 7 heteroatoms. The molecule has 0 aliphatic heterocycles. The van der Waals surface area contributed by atoms with E-state index in [1.807, 2.05) is 47.8 Å². The van der Waals surface area contributed by atoms with Crippen molar-refractivity contribution in [1.29, 1.82) is 0 Å². The van der Waals surface area contributed by atoms with Crippen LogP contribution in [-0.4, -0.2) is 30.2 Å². The zero-order chi connectivity index (χ0) is 18.4. The summed E-state index contributed by atoms with van der Waals surface area (Å²) in [5, 5.41) is 8.66. The van der Waals surface area contributed by atoms with Crippen molar-refractivity contribution in [3.63, 3.8) is 0 Å². The largest absolute Gasteiger partial charge is 0.452 e. The third-order valence-corrected chi connectivity index (χ3v) is 4.66. The first kappa shape index (κ1) is 17.9. The zero-order valence-electron chi connectivity index (χ0n) is 14.2. The van der Waals surface area contributed by atoms with Crippen molar-refractivity contribution in [1.82, 2.24) is 10.5 Å². The first-order valence-corrected chi connectivity index (χ1v) is 9.01. The number of rotatable bonds is 7. The molecular formula is C19H18N2O4S. The highest BCUT2D eigenvalue weighted by molar-refractivity contribution is 7.09. The van der Waals surface area contributed by atoms with Crippen molar-refractivity contribution in [3.8, 4) is 11.3 Å². The highest BCUT2D eigenvalue weighted by atomic mass is 32.1. The number of carbonyl (C=O) groups is 2. The summed E-state index contributed by atoms with van der Waals surface area (Å²) >= 11 is 1.64. The first-order chi connectivity index (χ1) is 12.6. The number of nitrogens with one attached hydrogen (secondary N) is 1. The summed E-state index contributed by atoms with van der Waals surface area (Å²) in [6.45, 7) is 1.79. The van der Waals surface area contributed by atoms with E-state index in [9.17, 15) is 9.59 Å². The molecule has 2 aromatic heterocycles. The molecule has 0 saturated carbocycles. The van der Waals surface area contributed by atoms with Crippen LogP contribution in [0.25, 0.3) is 11.3 Å². The maximum absolute atomic E-state index is 12.4. The fourth-order valence-corrected chi connectivity index (χ4v) is 3.15. The average Bonchev–Trinajstić information content (AvgIpc) is 3.30. The summed E-state index contributed by atoms with van der Waals surface area (Å²) in [7, 11) is 0. The molecule has 6 nitrogen and oxygen atoms in total. The molecule has 2 heterocycles. The van der Waals surface area contributed by atoms with Crippen LogP contribution in [0, 0.1) is 6.92 Å². The van der Waals surface area contributed by atoms with Gasteiger partial charge in [-0.3, -0.25) is 4.79 Å². The minimum atomic E-state index is -0.629. The standard InChI is InChI=1S/C19H18N2O4S/c1-13-17(18(21-25-13)14-6-3-2-4-7-14)19(23)24-12-16(22)20-10-9-15-8-5-11-26-15/h2-8,11H,9-10,12H2,1H3,(H,20,22). The molecule has 0 saturated heterocycles. The summed E-state index contributed by atoms with van der Waals surface area (Å²) in [5.41, 5.74) is 1.39. The molecule has 0 spiro atoms. The number of aromatic nitrogens is 1. The fraction of sp³-hybridized carbons (Fsp3) is 0.211. The van der Waals surface area contributed by atoms with E-state index >= 15 is 0 Å². The molecule has 1 N–H and O–H groups in total. The third kappa shape index (κ3) is 4.37. The second kappa shape index (κ2) is 8.44. The fourth-order valence-electron chi connectivity index (χ4n) is 2.44. The number of hydrogen-bond donors (Lipinski definition) is 1. The van der Waals surface area contributed by atoms with Crippen LogP contribution in [0.5, 0.6) is 0 Å². The number of amides is 1. The molecule has 0 atom stereocenters. The lowest BCUT2D eigenvalue weighted by molar-refractivity contribution is -0.124. The highest BCUT2D eigenvalue weighted by Crippen LogP contribution is 2.25. The van der Waals surface area contributed by atoms with Crippen molar-refractivity contribution < 1.29 is 18.8 Å². The zero-order valence-corrected chi connectivity index (χ0v) is 15.0. The number of thiophene rings is 1. The minimum Gasteiger partial charge on any atom is -0.452 e. The van der Waals surface area contributed by atoms with Gasteiger partial charge in [-0.2, -0.15) is 0 Å². The van der Waals surface area contributed by atoms with Crippen LogP contribution in [0.15, 0.2) is 52.4 Å². The van der Waals surface area contributed by atoms with Gasteiger partial charge in [0.05, 0.1) is 0 Å². The van der Waals surface area contributed by atoms with Crippen LogP contribution in [0.2, 0.25) is 0 Å². The molecule has 0 unspecified atom stereocenters. The van der Waals surface area contributed by atoms with E-state index in [2.05, 4.69) is 10.5 Å². The Labute approximate surface area is 154 Å². The normalized spacial score (nSPS) is 10.5. The van der Waals surface area contributed by atoms with Crippen LogP contribution >= 0.6 is 11.3 Å². The molecule has 3 rings (SSSR count). The van der Waals surface area contributed by atoms with Crippen molar-refractivity contribution in [3.05, 3.63) is 64.0 Å². The Morgan fingerprint density at radius 2 is 2.00 bits per heavy atom. The maximum Gasteiger partial charge on any atom is 0.344 e. The van der Waals surface area contributed by atoms with E-state index in [0.29, 0.717) is 18.0 Å². The summed E-state index contributed by atoms with van der Waals surface area (Å²) in [4.78, 5) is 25.4. The van der Waals surface area contributed by atoms with Gasteiger partial charge in [-0.25, -0.2) is 4.79 Å². The average molecular weight is 370 g/mol. The van der Waals surface area contributed by atoms with Crippen molar-refractivity contribution >= 4 is 23.2 Å². The van der Waals surface area contributed by atoms with E-state index in [4.69, 9.17) is 9.26 Å². The van der Waals surface area contributed by atoms with Gasteiger partial charge in [0, 0.05) is 17.0 Å². The van der Waals surface area contributed by atoms with Gasteiger partial charge >= 0.3 is 5.97 Å². The van der Waals surface area contributed by atoms with Crippen LogP contribution in [0.1, 0.15) is 21.0 Å². The van der Waals surface area contributed by atoms with E-state index in [0.717, 1.165) is 12.0 Å². The van der Waals surface area contributed by atoms with Crippen LogP contribution in [0.3, 0.4) is 0 Å². The molecule has 1 amide bonds. The Morgan fingerprint density at radius 1 is 1.19 bits per heavy atom. The monoisotopic (exact) mass is 370 g/mol. The topological polar surface area (TPSA) is 81.4 Å². The summed E-state index contributed by atoms with van der Waals surface area (Å²) in [6, 6.07) is 13.2. The van der Waals surface area contributed by atoms with Crippen LogP contribution in [-0.2, 0) is 16.0 Å². The maximum atomic E-state index is 12.4. The Balaban J connectivity index is 1.55. The molecule has 0 radical (unpaired) electrons. The van der Waals surface area contributed by atoms with Crippen molar-refractivity contribution in [2.24, 2.45) is 0 Å². The second-order valence-electron chi connectivity index (χ2n) is 5.58. The number of aryl methyl sites for hydroxylation is 1. The van der Waals surface area contributed by atoms with Crippen molar-refractivity contribution in [2.75, 3.05) is 13.2 Å². The van der Waals surface area contributed by atoms with Gasteiger partial charge in [-0.15, -0.1) is 11.3 Å². The van der Waals surface area contributed by atoms with E-state index in [1.165, 1.54) is 4.88 Å². The Bertz CT molecular complexity index is 872. The first-order valence-electron chi connectivity index (χ1n) is 8.13. The Morgan fingerprint density at radius 3 is 2.73 bits per heavy atom. The predicted octanol–water partition coefficient (Wildman–Crippen LogP) is 3.23. The molecule has 134 valence electrons. The summed E-state index contributed by atoms with van der Waals surface area (Å²) in [6.07, 6.45) is 0.750. The number of ether oxygens (including phenoxy) is 1. The summed E-state index contributed by atoms with van der Waals surface area (Å²) < 4.78 is 10.3. The van der Waals surface area contributed by atoms with Gasteiger partial charge in [0.1, 0.15) is 17.0 Å². The summed E-state index contributed by atoms with van der Waals surface area (Å²) in [5.74, 6) is -0.617. The minimum absolute atomic E-state index is 0.239.